The Bertz CT molecular complexity index is 559. The van der Waals surface area contributed by atoms with Crippen molar-refractivity contribution < 1.29 is 18.3 Å². The topological polar surface area (TPSA) is 83.5 Å². The molecule has 2 rings (SSSR count). The monoisotopic (exact) mass is 283 g/mol. The molecule has 1 fully saturated rings. The number of benzene rings is 1. The summed E-state index contributed by atoms with van der Waals surface area (Å²) in [6, 6.07) is 5.95. The van der Waals surface area contributed by atoms with Gasteiger partial charge < -0.3 is 5.11 Å². The number of sulfonamides is 1. The van der Waals surface area contributed by atoms with Crippen molar-refractivity contribution in [1.82, 2.24) is 4.72 Å². The SMILES string of the molecule is CC1CC(NS(=O)(=O)Cc2ccc(C(=O)O)cc2)C1. The fourth-order valence-electron chi connectivity index (χ4n) is 2.26. The number of aromatic carboxylic acids is 1. The van der Waals surface area contributed by atoms with Gasteiger partial charge in [0.2, 0.25) is 10.0 Å². The van der Waals surface area contributed by atoms with Crippen LogP contribution in [-0.2, 0) is 15.8 Å². The Morgan fingerprint density at radius 3 is 2.37 bits per heavy atom. The molecule has 0 aliphatic heterocycles. The molecule has 1 aliphatic rings. The molecule has 0 amide bonds. The summed E-state index contributed by atoms with van der Waals surface area (Å²) in [6.07, 6.45) is 1.77. The van der Waals surface area contributed by atoms with Gasteiger partial charge in [-0.05, 0) is 36.5 Å². The van der Waals surface area contributed by atoms with Crippen LogP contribution in [0.15, 0.2) is 24.3 Å². The van der Waals surface area contributed by atoms with Crippen LogP contribution in [0.5, 0.6) is 0 Å². The van der Waals surface area contributed by atoms with E-state index in [1.54, 1.807) is 0 Å². The van der Waals surface area contributed by atoms with E-state index in [0.29, 0.717) is 11.5 Å². The molecule has 6 heteroatoms. The van der Waals surface area contributed by atoms with Crippen molar-refractivity contribution in [3.05, 3.63) is 35.4 Å². The minimum absolute atomic E-state index is 0.0540. The molecular weight excluding hydrogens is 266 g/mol. The molecule has 5 nitrogen and oxygen atoms in total. The van der Waals surface area contributed by atoms with E-state index in [4.69, 9.17) is 5.11 Å². The standard InChI is InChI=1S/C13H17NO4S/c1-9-6-12(7-9)14-19(17,18)8-10-2-4-11(5-3-10)13(15)16/h2-5,9,12,14H,6-8H2,1H3,(H,15,16). The maximum absolute atomic E-state index is 11.9. The van der Waals surface area contributed by atoms with Gasteiger partial charge in [-0.15, -0.1) is 0 Å². The van der Waals surface area contributed by atoms with Gasteiger partial charge in [0.1, 0.15) is 0 Å². The molecule has 0 heterocycles. The van der Waals surface area contributed by atoms with Gasteiger partial charge in [0.05, 0.1) is 11.3 Å². The minimum atomic E-state index is -3.35. The first kappa shape index (κ1) is 14.0. The van der Waals surface area contributed by atoms with Gasteiger partial charge in [0.25, 0.3) is 0 Å². The van der Waals surface area contributed by atoms with Crippen LogP contribution in [-0.4, -0.2) is 25.5 Å². The summed E-state index contributed by atoms with van der Waals surface area (Å²) < 4.78 is 26.5. The first-order chi connectivity index (χ1) is 8.85. The zero-order valence-corrected chi connectivity index (χ0v) is 11.5. The lowest BCUT2D eigenvalue weighted by atomic mass is 9.83. The normalized spacial score (nSPS) is 22.8. The molecule has 0 spiro atoms. The molecule has 2 N–H and O–H groups in total. The van der Waals surface area contributed by atoms with Crippen molar-refractivity contribution >= 4 is 16.0 Å². The highest BCUT2D eigenvalue weighted by Crippen LogP contribution is 2.27. The van der Waals surface area contributed by atoms with Gasteiger partial charge in [-0.25, -0.2) is 17.9 Å². The Hall–Kier alpha value is -1.40. The third-order valence-corrected chi connectivity index (χ3v) is 4.68. The second-order valence-electron chi connectivity index (χ2n) is 5.15. The fraction of sp³-hybridized carbons (Fsp3) is 0.462. The van der Waals surface area contributed by atoms with Crippen LogP contribution >= 0.6 is 0 Å². The Morgan fingerprint density at radius 2 is 1.89 bits per heavy atom. The van der Waals surface area contributed by atoms with Crippen molar-refractivity contribution in [2.75, 3.05) is 0 Å². The van der Waals surface area contributed by atoms with Crippen molar-refractivity contribution in [1.29, 1.82) is 0 Å². The molecule has 0 radical (unpaired) electrons. The van der Waals surface area contributed by atoms with Crippen LogP contribution in [0, 0.1) is 5.92 Å². The molecule has 0 bridgehead atoms. The molecule has 1 aromatic rings. The number of hydrogen-bond donors (Lipinski definition) is 2. The molecule has 0 aromatic heterocycles. The first-order valence-corrected chi connectivity index (χ1v) is 7.83. The van der Waals surface area contributed by atoms with Crippen molar-refractivity contribution in [2.24, 2.45) is 5.92 Å². The highest BCUT2D eigenvalue weighted by molar-refractivity contribution is 7.88. The second-order valence-corrected chi connectivity index (χ2v) is 6.91. The van der Waals surface area contributed by atoms with Crippen LogP contribution in [0.4, 0.5) is 0 Å². The molecule has 1 aromatic carbocycles. The summed E-state index contributed by atoms with van der Waals surface area (Å²) >= 11 is 0. The van der Waals surface area contributed by atoms with Crippen LogP contribution in [0.25, 0.3) is 0 Å². The second kappa shape index (κ2) is 5.30. The Kier molecular flexibility index (Phi) is 3.91. The lowest BCUT2D eigenvalue weighted by Gasteiger charge is -2.32. The van der Waals surface area contributed by atoms with Crippen LogP contribution < -0.4 is 4.72 Å². The number of carboxylic acid groups (broad SMARTS) is 1. The average Bonchev–Trinajstić information content (AvgIpc) is 2.26. The van der Waals surface area contributed by atoms with Crippen molar-refractivity contribution in [3.8, 4) is 0 Å². The predicted octanol–water partition coefficient (Wildman–Crippen LogP) is 1.60. The molecule has 1 aliphatic carbocycles. The Morgan fingerprint density at radius 1 is 1.32 bits per heavy atom. The highest BCUT2D eigenvalue weighted by Gasteiger charge is 2.29. The van der Waals surface area contributed by atoms with Crippen LogP contribution in [0.2, 0.25) is 0 Å². The fourth-order valence-corrected chi connectivity index (χ4v) is 3.67. The largest absolute Gasteiger partial charge is 0.478 e. The summed E-state index contributed by atoms with van der Waals surface area (Å²) in [7, 11) is -3.35. The summed E-state index contributed by atoms with van der Waals surface area (Å²) in [5.41, 5.74) is 0.742. The van der Waals surface area contributed by atoms with Gasteiger partial charge in [-0.3, -0.25) is 0 Å². The molecule has 0 saturated heterocycles. The smallest absolute Gasteiger partial charge is 0.335 e. The Labute approximate surface area is 112 Å². The maximum atomic E-state index is 11.9. The number of carbonyl (C=O) groups is 1. The lowest BCUT2D eigenvalue weighted by Crippen LogP contribution is -2.43. The number of nitrogens with one attached hydrogen (secondary N) is 1. The van der Waals surface area contributed by atoms with E-state index in [1.165, 1.54) is 24.3 Å². The first-order valence-electron chi connectivity index (χ1n) is 6.18. The van der Waals surface area contributed by atoms with E-state index < -0.39 is 16.0 Å². The van der Waals surface area contributed by atoms with E-state index in [1.807, 2.05) is 0 Å². The summed E-state index contributed by atoms with van der Waals surface area (Å²) in [6.45, 7) is 2.09. The average molecular weight is 283 g/mol. The summed E-state index contributed by atoms with van der Waals surface area (Å²) in [5, 5.41) is 8.76. The van der Waals surface area contributed by atoms with Gasteiger partial charge in [-0.1, -0.05) is 19.1 Å². The molecular formula is C13H17NO4S. The van der Waals surface area contributed by atoms with Crippen LogP contribution in [0.1, 0.15) is 35.7 Å². The van der Waals surface area contributed by atoms with Gasteiger partial charge in [-0.2, -0.15) is 0 Å². The van der Waals surface area contributed by atoms with E-state index >= 15 is 0 Å². The molecule has 104 valence electrons. The number of hydrogen-bond acceptors (Lipinski definition) is 3. The van der Waals surface area contributed by atoms with Crippen molar-refractivity contribution in [3.63, 3.8) is 0 Å². The summed E-state index contributed by atoms with van der Waals surface area (Å²) in [5.74, 6) is -0.545. The van der Waals surface area contributed by atoms with Crippen LogP contribution in [0.3, 0.4) is 0 Å². The lowest BCUT2D eigenvalue weighted by molar-refractivity contribution is 0.0697. The van der Waals surface area contributed by atoms with Crippen molar-refractivity contribution in [2.45, 2.75) is 31.6 Å². The minimum Gasteiger partial charge on any atom is -0.478 e. The molecule has 1 saturated carbocycles. The third-order valence-electron chi connectivity index (χ3n) is 3.28. The molecule has 0 atom stereocenters. The number of rotatable bonds is 5. The predicted molar refractivity (Wildman–Crippen MR) is 71.3 cm³/mol. The van der Waals surface area contributed by atoms with E-state index in [0.717, 1.165) is 12.8 Å². The highest BCUT2D eigenvalue weighted by atomic mass is 32.2. The summed E-state index contributed by atoms with van der Waals surface area (Å²) in [4.78, 5) is 10.7. The van der Waals surface area contributed by atoms with Gasteiger partial charge in [0, 0.05) is 6.04 Å². The molecule has 19 heavy (non-hydrogen) atoms. The third kappa shape index (κ3) is 3.78. The number of carboxylic acids is 1. The zero-order valence-electron chi connectivity index (χ0n) is 10.7. The quantitative estimate of drug-likeness (QED) is 0.859. The zero-order chi connectivity index (χ0) is 14.0. The Balaban J connectivity index is 1.97. The van der Waals surface area contributed by atoms with E-state index in [2.05, 4.69) is 11.6 Å². The molecule has 0 unspecified atom stereocenters. The van der Waals surface area contributed by atoms with Gasteiger partial charge in [0.15, 0.2) is 0 Å². The van der Waals surface area contributed by atoms with E-state index in [9.17, 15) is 13.2 Å². The van der Waals surface area contributed by atoms with Gasteiger partial charge >= 0.3 is 5.97 Å². The maximum Gasteiger partial charge on any atom is 0.335 e. The van der Waals surface area contributed by atoms with E-state index in [-0.39, 0.29) is 17.4 Å².